The van der Waals surface area contributed by atoms with Crippen molar-refractivity contribution in [3.05, 3.63) is 37.0 Å². The number of rotatable bonds is 6. The van der Waals surface area contributed by atoms with Gasteiger partial charge in [-0.25, -0.2) is 0 Å². The normalized spacial score (nSPS) is 29.0. The summed E-state index contributed by atoms with van der Waals surface area (Å²) in [6.45, 7) is 16.6. The van der Waals surface area contributed by atoms with Gasteiger partial charge in [0, 0.05) is 0 Å². The van der Waals surface area contributed by atoms with Crippen LogP contribution in [0, 0.1) is 16.7 Å². The van der Waals surface area contributed by atoms with E-state index >= 15 is 0 Å². The second-order valence-corrected chi connectivity index (χ2v) is 6.91. The van der Waals surface area contributed by atoms with Crippen molar-refractivity contribution in [2.45, 2.75) is 59.5 Å². The van der Waals surface area contributed by atoms with Crippen molar-refractivity contribution < 1.29 is 5.11 Å². The van der Waals surface area contributed by atoms with Crippen LogP contribution in [0.3, 0.4) is 0 Å². The molecule has 19 heavy (non-hydrogen) atoms. The van der Waals surface area contributed by atoms with Crippen LogP contribution in [0.1, 0.15) is 53.4 Å². The Morgan fingerprint density at radius 2 is 2.21 bits per heavy atom. The molecule has 0 saturated heterocycles. The van der Waals surface area contributed by atoms with E-state index in [0.29, 0.717) is 5.92 Å². The first-order valence-corrected chi connectivity index (χ1v) is 7.36. The van der Waals surface area contributed by atoms with Crippen LogP contribution in [-0.2, 0) is 0 Å². The molecule has 1 nitrogen and oxygen atoms in total. The number of aliphatic hydroxyl groups is 1. The molecule has 3 atom stereocenters. The van der Waals surface area contributed by atoms with Gasteiger partial charge in [0.15, 0.2) is 0 Å². The minimum absolute atomic E-state index is 0.0233. The predicted octanol–water partition coefficient (Wildman–Crippen LogP) is 4.89. The van der Waals surface area contributed by atoms with Gasteiger partial charge in [-0.05, 0) is 49.4 Å². The first-order chi connectivity index (χ1) is 8.74. The summed E-state index contributed by atoms with van der Waals surface area (Å²) in [4.78, 5) is 0. The Balaban J connectivity index is 2.91. The van der Waals surface area contributed by atoms with Crippen LogP contribution in [0.2, 0.25) is 0 Å². The fourth-order valence-corrected chi connectivity index (χ4v) is 3.03. The molecule has 0 radical (unpaired) electrons. The topological polar surface area (TPSA) is 20.2 Å². The molecule has 1 unspecified atom stereocenters. The molecular weight excluding hydrogens is 232 g/mol. The zero-order valence-corrected chi connectivity index (χ0v) is 13.1. The Labute approximate surface area is 119 Å². The van der Waals surface area contributed by atoms with E-state index in [1.165, 1.54) is 5.57 Å². The number of hydrogen-bond acceptors (Lipinski definition) is 1. The fourth-order valence-electron chi connectivity index (χ4n) is 3.03. The molecule has 0 saturated carbocycles. The van der Waals surface area contributed by atoms with Gasteiger partial charge in [0.1, 0.15) is 0 Å². The molecule has 0 aromatic carbocycles. The van der Waals surface area contributed by atoms with Crippen LogP contribution < -0.4 is 0 Å². The highest BCUT2D eigenvalue weighted by atomic mass is 16.3. The van der Waals surface area contributed by atoms with Crippen LogP contribution in [0.25, 0.3) is 0 Å². The molecule has 0 fully saturated rings. The highest BCUT2D eigenvalue weighted by Crippen LogP contribution is 2.51. The average molecular weight is 262 g/mol. The minimum Gasteiger partial charge on any atom is -0.393 e. The van der Waals surface area contributed by atoms with Gasteiger partial charge in [-0.15, -0.1) is 6.58 Å². The monoisotopic (exact) mass is 262 g/mol. The summed E-state index contributed by atoms with van der Waals surface area (Å²) in [5.74, 6) is 0.542. The first-order valence-electron chi connectivity index (χ1n) is 7.36. The van der Waals surface area contributed by atoms with Gasteiger partial charge < -0.3 is 5.11 Å². The average Bonchev–Trinajstić information content (AvgIpc) is 2.35. The molecule has 0 bridgehead atoms. The quantitative estimate of drug-likeness (QED) is 0.676. The van der Waals surface area contributed by atoms with Crippen LogP contribution in [0.4, 0.5) is 0 Å². The van der Waals surface area contributed by atoms with Gasteiger partial charge in [-0.3, -0.25) is 0 Å². The molecule has 0 spiro atoms. The van der Waals surface area contributed by atoms with E-state index in [1.807, 2.05) is 6.08 Å². The summed E-state index contributed by atoms with van der Waals surface area (Å²) in [6, 6.07) is 0. The summed E-state index contributed by atoms with van der Waals surface area (Å²) < 4.78 is 0. The first kappa shape index (κ1) is 16.2. The highest BCUT2D eigenvalue weighted by Gasteiger charge is 2.45. The smallest absolute Gasteiger partial charge is 0.0602 e. The maximum atomic E-state index is 10.5. The molecule has 0 aromatic rings. The van der Waals surface area contributed by atoms with Crippen LogP contribution >= 0.6 is 0 Å². The highest BCUT2D eigenvalue weighted by molar-refractivity contribution is 5.15. The molecule has 0 heterocycles. The molecule has 0 amide bonds. The zero-order valence-electron chi connectivity index (χ0n) is 13.1. The predicted molar refractivity (Wildman–Crippen MR) is 84.0 cm³/mol. The second-order valence-electron chi connectivity index (χ2n) is 6.91. The van der Waals surface area contributed by atoms with Crippen LogP contribution in [0.5, 0.6) is 0 Å². The zero-order chi connectivity index (χ0) is 14.7. The van der Waals surface area contributed by atoms with Crippen molar-refractivity contribution >= 4 is 0 Å². The summed E-state index contributed by atoms with van der Waals surface area (Å²) in [5, 5.41) is 10.5. The van der Waals surface area contributed by atoms with Gasteiger partial charge in [0.25, 0.3) is 0 Å². The van der Waals surface area contributed by atoms with Crippen molar-refractivity contribution in [1.29, 1.82) is 0 Å². The maximum Gasteiger partial charge on any atom is 0.0602 e. The lowest BCUT2D eigenvalue weighted by atomic mass is 9.57. The molecule has 1 aliphatic carbocycles. The Hall–Kier alpha value is -0.820. The van der Waals surface area contributed by atoms with Crippen molar-refractivity contribution in [3.63, 3.8) is 0 Å². The Morgan fingerprint density at radius 1 is 1.58 bits per heavy atom. The lowest BCUT2D eigenvalue weighted by molar-refractivity contribution is -0.0361. The Bertz CT molecular complexity index is 364. The van der Waals surface area contributed by atoms with Crippen molar-refractivity contribution in [1.82, 2.24) is 0 Å². The molecule has 1 aliphatic rings. The van der Waals surface area contributed by atoms with Gasteiger partial charge in [-0.2, -0.15) is 0 Å². The van der Waals surface area contributed by atoms with E-state index in [2.05, 4.69) is 53.0 Å². The van der Waals surface area contributed by atoms with Crippen molar-refractivity contribution in [3.8, 4) is 0 Å². The van der Waals surface area contributed by atoms with Gasteiger partial charge >= 0.3 is 0 Å². The van der Waals surface area contributed by atoms with Crippen molar-refractivity contribution in [2.75, 3.05) is 0 Å². The summed E-state index contributed by atoms with van der Waals surface area (Å²) in [6.07, 6.45) is 9.99. The van der Waals surface area contributed by atoms with E-state index in [-0.39, 0.29) is 16.9 Å². The molecule has 1 N–H and O–H groups in total. The molecule has 1 rings (SSSR count). The SMILES string of the molecule is C=CCCC(O)C(C)(C)[C@]1(C)C=CC[C@H](C(=C)C)C1. The van der Waals surface area contributed by atoms with E-state index in [1.54, 1.807) is 0 Å². The molecule has 1 heteroatoms. The Kier molecular flexibility index (Phi) is 5.20. The molecular formula is C18H30O. The Morgan fingerprint density at radius 3 is 2.74 bits per heavy atom. The van der Waals surface area contributed by atoms with Crippen LogP contribution in [0.15, 0.2) is 37.0 Å². The van der Waals surface area contributed by atoms with E-state index in [9.17, 15) is 5.11 Å². The summed E-state index contributed by atoms with van der Waals surface area (Å²) in [5.41, 5.74) is 1.14. The largest absolute Gasteiger partial charge is 0.393 e. The molecule has 0 aliphatic heterocycles. The fraction of sp³-hybridized carbons (Fsp3) is 0.667. The second kappa shape index (κ2) is 6.09. The van der Waals surface area contributed by atoms with Crippen molar-refractivity contribution in [2.24, 2.45) is 16.7 Å². The lowest BCUT2D eigenvalue weighted by Gasteiger charge is -2.49. The third-order valence-electron chi connectivity index (χ3n) is 5.22. The molecule has 108 valence electrons. The van der Waals surface area contributed by atoms with Crippen LogP contribution in [-0.4, -0.2) is 11.2 Å². The van der Waals surface area contributed by atoms with Gasteiger partial charge in [0.05, 0.1) is 6.10 Å². The number of hydrogen-bond donors (Lipinski definition) is 1. The lowest BCUT2D eigenvalue weighted by Crippen LogP contribution is -2.45. The summed E-state index contributed by atoms with van der Waals surface area (Å²) >= 11 is 0. The molecule has 0 aromatic heterocycles. The third-order valence-corrected chi connectivity index (χ3v) is 5.22. The minimum atomic E-state index is -0.302. The van der Waals surface area contributed by atoms with E-state index < -0.39 is 0 Å². The maximum absolute atomic E-state index is 10.5. The number of aliphatic hydroxyl groups excluding tert-OH is 1. The van der Waals surface area contributed by atoms with Gasteiger partial charge in [-0.1, -0.05) is 51.2 Å². The number of allylic oxidation sites excluding steroid dienone is 4. The van der Waals surface area contributed by atoms with E-state index in [4.69, 9.17) is 0 Å². The van der Waals surface area contributed by atoms with E-state index in [0.717, 1.165) is 25.7 Å². The standard InChI is InChI=1S/C18H30O/c1-7-8-11-16(19)17(4,5)18(6)12-9-10-15(13-18)14(2)3/h7,9,12,15-16,19H,1-2,8,10-11,13H2,3-6H3/t15-,16?,18+/m0/s1. The third kappa shape index (κ3) is 3.39. The van der Waals surface area contributed by atoms with Gasteiger partial charge in [0.2, 0.25) is 0 Å². The summed E-state index contributed by atoms with van der Waals surface area (Å²) in [7, 11) is 0.